The molecule has 2 heteroatoms. The maximum atomic E-state index is 6.05. The first-order chi connectivity index (χ1) is 7.04. The predicted molar refractivity (Wildman–Crippen MR) is 64.1 cm³/mol. The predicted octanol–water partition coefficient (Wildman–Crippen LogP) is 2.97. The van der Waals surface area contributed by atoms with Gasteiger partial charge in [0.05, 0.1) is 7.11 Å². The van der Waals surface area contributed by atoms with E-state index in [1.807, 2.05) is 26.0 Å². The van der Waals surface area contributed by atoms with Crippen molar-refractivity contribution in [3.63, 3.8) is 0 Å². The van der Waals surface area contributed by atoms with Crippen molar-refractivity contribution in [3.05, 3.63) is 41.5 Å². The van der Waals surface area contributed by atoms with Crippen LogP contribution in [0.3, 0.4) is 0 Å². The molecule has 0 radical (unpaired) electrons. The van der Waals surface area contributed by atoms with Crippen LogP contribution in [0.15, 0.2) is 30.4 Å². The van der Waals surface area contributed by atoms with Gasteiger partial charge in [-0.25, -0.2) is 0 Å². The second-order valence-electron chi connectivity index (χ2n) is 4.00. The van der Waals surface area contributed by atoms with Gasteiger partial charge in [0.1, 0.15) is 5.75 Å². The van der Waals surface area contributed by atoms with Crippen molar-refractivity contribution in [2.45, 2.75) is 26.3 Å². The van der Waals surface area contributed by atoms with Crippen molar-refractivity contribution in [1.82, 2.24) is 0 Å². The Kier molecular flexibility index (Phi) is 3.92. The molecule has 1 aromatic rings. The number of rotatable bonds is 4. The fourth-order valence-corrected chi connectivity index (χ4v) is 1.63. The molecule has 0 fully saturated rings. The normalized spacial score (nSPS) is 12.3. The lowest BCUT2D eigenvalue weighted by Crippen LogP contribution is -2.10. The summed E-state index contributed by atoms with van der Waals surface area (Å²) in [5.41, 5.74) is 9.42. The molecule has 0 saturated carbocycles. The van der Waals surface area contributed by atoms with Crippen molar-refractivity contribution < 1.29 is 4.74 Å². The number of hydrogen-bond donors (Lipinski definition) is 1. The molecule has 0 aliphatic rings. The molecule has 15 heavy (non-hydrogen) atoms. The van der Waals surface area contributed by atoms with Crippen LogP contribution in [0.2, 0.25) is 0 Å². The summed E-state index contributed by atoms with van der Waals surface area (Å²) < 4.78 is 5.20. The van der Waals surface area contributed by atoms with Crippen molar-refractivity contribution in [2.24, 2.45) is 5.73 Å². The lowest BCUT2D eigenvalue weighted by molar-refractivity contribution is 0.411. The minimum absolute atomic E-state index is 0.0344. The Balaban J connectivity index is 2.87. The fraction of sp³-hybridized carbons (Fsp3) is 0.385. The molecule has 2 nitrogen and oxygen atoms in total. The first kappa shape index (κ1) is 11.8. The molecule has 1 atom stereocenters. The van der Waals surface area contributed by atoms with Gasteiger partial charge in [-0.3, -0.25) is 0 Å². The van der Waals surface area contributed by atoms with Gasteiger partial charge in [0.15, 0.2) is 0 Å². The van der Waals surface area contributed by atoms with Gasteiger partial charge in [-0.2, -0.15) is 0 Å². The standard InChI is InChI=1S/C13H19NO/c1-9(2)7-12(14)11-5-6-13(15-4)10(3)8-11/h5-6,8,12H,1,7,14H2,2-4H3/t12-/m0/s1. The van der Waals surface area contributed by atoms with Crippen LogP contribution in [0.5, 0.6) is 5.75 Å². The van der Waals surface area contributed by atoms with Crippen LogP contribution in [-0.2, 0) is 0 Å². The maximum absolute atomic E-state index is 6.05. The summed E-state index contributed by atoms with van der Waals surface area (Å²) in [4.78, 5) is 0. The molecule has 0 saturated heterocycles. The molecule has 0 aromatic heterocycles. The molecule has 0 aliphatic carbocycles. The summed E-state index contributed by atoms with van der Waals surface area (Å²) in [6, 6.07) is 6.08. The molecule has 0 unspecified atom stereocenters. The average molecular weight is 205 g/mol. The number of nitrogens with two attached hydrogens (primary N) is 1. The van der Waals surface area contributed by atoms with E-state index in [-0.39, 0.29) is 6.04 Å². The van der Waals surface area contributed by atoms with E-state index in [4.69, 9.17) is 10.5 Å². The quantitative estimate of drug-likeness (QED) is 0.767. The smallest absolute Gasteiger partial charge is 0.121 e. The van der Waals surface area contributed by atoms with E-state index in [1.54, 1.807) is 7.11 Å². The van der Waals surface area contributed by atoms with Gasteiger partial charge in [0.25, 0.3) is 0 Å². The van der Waals surface area contributed by atoms with Crippen LogP contribution in [0.1, 0.15) is 30.5 Å². The third-order valence-electron chi connectivity index (χ3n) is 2.42. The third kappa shape index (κ3) is 3.10. The maximum Gasteiger partial charge on any atom is 0.121 e. The van der Waals surface area contributed by atoms with Crippen LogP contribution in [0, 0.1) is 6.92 Å². The van der Waals surface area contributed by atoms with Gasteiger partial charge < -0.3 is 10.5 Å². The zero-order valence-corrected chi connectivity index (χ0v) is 9.71. The summed E-state index contributed by atoms with van der Waals surface area (Å²) in [6.45, 7) is 7.89. The summed E-state index contributed by atoms with van der Waals surface area (Å²) in [7, 11) is 1.68. The molecule has 0 aliphatic heterocycles. The van der Waals surface area contributed by atoms with E-state index in [2.05, 4.69) is 12.6 Å². The van der Waals surface area contributed by atoms with E-state index < -0.39 is 0 Å². The van der Waals surface area contributed by atoms with Gasteiger partial charge in [0, 0.05) is 6.04 Å². The Hall–Kier alpha value is -1.28. The van der Waals surface area contributed by atoms with Crippen LogP contribution in [0.25, 0.3) is 0 Å². The van der Waals surface area contributed by atoms with Gasteiger partial charge in [-0.15, -0.1) is 6.58 Å². The Labute approximate surface area is 91.7 Å². The molecule has 1 aromatic carbocycles. The lowest BCUT2D eigenvalue weighted by atomic mass is 9.99. The summed E-state index contributed by atoms with van der Waals surface area (Å²) in [5, 5.41) is 0. The van der Waals surface area contributed by atoms with E-state index >= 15 is 0 Å². The van der Waals surface area contributed by atoms with Crippen molar-refractivity contribution in [2.75, 3.05) is 7.11 Å². The average Bonchev–Trinajstić information content (AvgIpc) is 2.16. The second-order valence-corrected chi connectivity index (χ2v) is 4.00. The highest BCUT2D eigenvalue weighted by Crippen LogP contribution is 2.24. The molecule has 0 spiro atoms. The Morgan fingerprint density at radius 2 is 2.20 bits per heavy atom. The molecule has 2 N–H and O–H groups in total. The van der Waals surface area contributed by atoms with Crippen LogP contribution in [-0.4, -0.2) is 7.11 Å². The van der Waals surface area contributed by atoms with Crippen molar-refractivity contribution in [1.29, 1.82) is 0 Å². The topological polar surface area (TPSA) is 35.2 Å². The minimum Gasteiger partial charge on any atom is -0.496 e. The first-order valence-electron chi connectivity index (χ1n) is 5.09. The van der Waals surface area contributed by atoms with Gasteiger partial charge in [-0.05, 0) is 37.5 Å². The van der Waals surface area contributed by atoms with E-state index in [0.717, 1.165) is 28.9 Å². The van der Waals surface area contributed by atoms with E-state index in [1.165, 1.54) is 0 Å². The summed E-state index contributed by atoms with van der Waals surface area (Å²) in [6.07, 6.45) is 0.825. The van der Waals surface area contributed by atoms with E-state index in [9.17, 15) is 0 Å². The largest absolute Gasteiger partial charge is 0.496 e. The molecular formula is C13H19NO. The van der Waals surface area contributed by atoms with Crippen LogP contribution < -0.4 is 10.5 Å². The number of aryl methyl sites for hydroxylation is 1. The van der Waals surface area contributed by atoms with Crippen LogP contribution >= 0.6 is 0 Å². The molecular weight excluding hydrogens is 186 g/mol. The molecule has 0 heterocycles. The zero-order chi connectivity index (χ0) is 11.4. The second kappa shape index (κ2) is 4.99. The molecule has 0 bridgehead atoms. The lowest BCUT2D eigenvalue weighted by Gasteiger charge is -2.14. The molecule has 82 valence electrons. The number of hydrogen-bond acceptors (Lipinski definition) is 2. The number of methoxy groups -OCH3 is 1. The van der Waals surface area contributed by atoms with Gasteiger partial charge in [-0.1, -0.05) is 17.7 Å². The zero-order valence-electron chi connectivity index (χ0n) is 9.71. The number of ether oxygens (including phenoxy) is 1. The SMILES string of the molecule is C=C(C)C[C@H](N)c1ccc(OC)c(C)c1. The van der Waals surface area contributed by atoms with Crippen LogP contribution in [0.4, 0.5) is 0 Å². The highest BCUT2D eigenvalue weighted by atomic mass is 16.5. The highest BCUT2D eigenvalue weighted by Gasteiger charge is 2.07. The minimum atomic E-state index is 0.0344. The number of benzene rings is 1. The molecule has 1 rings (SSSR count). The van der Waals surface area contributed by atoms with E-state index in [0.29, 0.717) is 0 Å². The Morgan fingerprint density at radius 1 is 1.53 bits per heavy atom. The van der Waals surface area contributed by atoms with Gasteiger partial charge >= 0.3 is 0 Å². The highest BCUT2D eigenvalue weighted by molar-refractivity contribution is 5.37. The van der Waals surface area contributed by atoms with Crippen molar-refractivity contribution >= 4 is 0 Å². The first-order valence-corrected chi connectivity index (χ1v) is 5.09. The monoisotopic (exact) mass is 205 g/mol. The summed E-state index contributed by atoms with van der Waals surface area (Å²) in [5.74, 6) is 0.904. The van der Waals surface area contributed by atoms with Gasteiger partial charge in [0.2, 0.25) is 0 Å². The molecule has 0 amide bonds. The Morgan fingerprint density at radius 3 is 2.67 bits per heavy atom. The third-order valence-corrected chi connectivity index (χ3v) is 2.42. The van der Waals surface area contributed by atoms with Crippen molar-refractivity contribution in [3.8, 4) is 5.75 Å². The fourth-order valence-electron chi connectivity index (χ4n) is 1.63. The Bertz CT molecular complexity index is 358. The summed E-state index contributed by atoms with van der Waals surface area (Å²) >= 11 is 0.